The Morgan fingerprint density at radius 2 is 1.91 bits per heavy atom. The third-order valence-corrected chi connectivity index (χ3v) is 4.52. The summed E-state index contributed by atoms with van der Waals surface area (Å²) in [4.78, 5) is 46.5. The summed E-state index contributed by atoms with van der Waals surface area (Å²) in [5, 5.41) is 2.74. The van der Waals surface area contributed by atoms with Crippen LogP contribution in [0.5, 0.6) is 0 Å². The van der Waals surface area contributed by atoms with E-state index in [1.165, 1.54) is 12.2 Å². The monoisotopic (exact) mass is 342 g/mol. The van der Waals surface area contributed by atoms with E-state index in [2.05, 4.69) is 17.1 Å². The smallest absolute Gasteiger partial charge is 0.253 e. The van der Waals surface area contributed by atoms with E-state index in [-0.39, 0.29) is 42.1 Å². The van der Waals surface area contributed by atoms with Crippen molar-refractivity contribution in [3.8, 4) is 0 Å². The number of nitrogens with zero attached hydrogens (tertiary/aromatic N) is 1. The normalized spacial score (nSPS) is 15.4. The summed E-state index contributed by atoms with van der Waals surface area (Å²) < 4.78 is 0. The van der Waals surface area contributed by atoms with Crippen molar-refractivity contribution >= 4 is 42.4 Å². The summed E-state index contributed by atoms with van der Waals surface area (Å²) in [6.45, 7) is 2.48. The van der Waals surface area contributed by atoms with Crippen LogP contribution < -0.4 is 5.32 Å². The van der Waals surface area contributed by atoms with E-state index < -0.39 is 0 Å². The fourth-order valence-corrected chi connectivity index (χ4v) is 2.82. The maximum atomic E-state index is 11.6. The molecule has 0 bridgehead atoms. The Morgan fingerprint density at radius 1 is 1.27 bits per heavy atom. The third kappa shape index (κ3) is 6.12. The lowest BCUT2D eigenvalue weighted by Gasteiger charge is -2.13. The van der Waals surface area contributed by atoms with Crippen LogP contribution in [0.1, 0.15) is 32.6 Å². The van der Waals surface area contributed by atoms with Crippen LogP contribution in [0.3, 0.4) is 0 Å². The Bertz CT molecular complexity index is 489. The predicted molar refractivity (Wildman–Crippen MR) is 85.8 cm³/mol. The van der Waals surface area contributed by atoms with Crippen molar-refractivity contribution in [1.29, 1.82) is 0 Å². The molecule has 0 unspecified atom stereocenters. The number of imide groups is 1. The molecule has 0 aromatic heterocycles. The number of carbonyl (C=O) groups is 4. The van der Waals surface area contributed by atoms with E-state index in [0.717, 1.165) is 24.2 Å². The lowest BCUT2D eigenvalue weighted by Crippen LogP contribution is -2.34. The summed E-state index contributed by atoms with van der Waals surface area (Å²) in [5.74, 6) is -0.981. The molecule has 1 rings (SSSR count). The summed E-state index contributed by atoms with van der Waals surface area (Å²) >= 11 is 4.69. The minimum Gasteiger partial charge on any atom is -0.356 e. The number of unbranched alkanes of at least 4 members (excludes halogenated alkanes) is 1. The second kappa shape index (κ2) is 9.54. The van der Waals surface area contributed by atoms with Crippen LogP contribution in [0.15, 0.2) is 12.2 Å². The second-order valence-electron chi connectivity index (χ2n) is 5.09. The predicted octanol–water partition coefficient (Wildman–Crippen LogP) is 1.16. The van der Waals surface area contributed by atoms with Crippen molar-refractivity contribution in [3.63, 3.8) is 0 Å². The molecule has 0 aromatic rings. The molecule has 0 saturated carbocycles. The average Bonchev–Trinajstić information content (AvgIpc) is 2.82. The standard InChI is InChI=1S/C14H19N2O4PS/c1-10(14(20)21-22)4-2-3-8-15-11(17)7-9-16-12(18)5-6-13(16)19/h5-6,10H,2-4,7-9H2,1H3,(H,15,17)/t10-/m0/s1. The van der Waals surface area contributed by atoms with Crippen molar-refractivity contribution in [1.82, 2.24) is 10.2 Å². The number of hydrogen-bond acceptors (Lipinski definition) is 5. The molecule has 0 aromatic carbocycles. The van der Waals surface area contributed by atoms with Crippen LogP contribution >= 0.6 is 7.36 Å². The van der Waals surface area contributed by atoms with Crippen molar-refractivity contribution in [2.75, 3.05) is 13.1 Å². The molecule has 1 N–H and O–H groups in total. The highest BCUT2D eigenvalue weighted by atomic mass is 32.4. The van der Waals surface area contributed by atoms with E-state index in [9.17, 15) is 19.2 Å². The van der Waals surface area contributed by atoms with Gasteiger partial charge in [0.2, 0.25) is 5.91 Å². The molecule has 22 heavy (non-hydrogen) atoms. The minimum atomic E-state index is -0.377. The van der Waals surface area contributed by atoms with Gasteiger partial charge in [-0.1, -0.05) is 13.3 Å². The highest BCUT2D eigenvalue weighted by Gasteiger charge is 2.23. The van der Waals surface area contributed by atoms with Gasteiger partial charge in [-0.15, -0.1) is 0 Å². The Hall–Kier alpha value is -1.46. The molecule has 1 atom stereocenters. The fraction of sp³-hybridized carbons (Fsp3) is 0.571. The molecule has 1 aliphatic rings. The zero-order chi connectivity index (χ0) is 16.5. The first-order valence-electron chi connectivity index (χ1n) is 7.13. The molecular formula is C14H19N2O4PS. The lowest BCUT2D eigenvalue weighted by molar-refractivity contribution is -0.137. The molecule has 0 fully saturated rings. The van der Waals surface area contributed by atoms with Gasteiger partial charge in [0.25, 0.3) is 11.8 Å². The first-order chi connectivity index (χ1) is 10.5. The van der Waals surface area contributed by atoms with E-state index >= 15 is 0 Å². The van der Waals surface area contributed by atoms with Gasteiger partial charge < -0.3 is 5.32 Å². The molecule has 3 amide bonds. The van der Waals surface area contributed by atoms with Gasteiger partial charge in [0.1, 0.15) is 0 Å². The van der Waals surface area contributed by atoms with Gasteiger partial charge in [0.05, 0.1) is 7.36 Å². The number of carbonyl (C=O) groups excluding carboxylic acids is 4. The Labute approximate surface area is 136 Å². The van der Waals surface area contributed by atoms with Gasteiger partial charge in [0.15, 0.2) is 5.52 Å². The highest BCUT2D eigenvalue weighted by Crippen LogP contribution is 2.14. The second-order valence-corrected chi connectivity index (χ2v) is 6.26. The van der Waals surface area contributed by atoms with Gasteiger partial charge >= 0.3 is 0 Å². The summed E-state index contributed by atoms with van der Waals surface area (Å²) in [5.41, 5.74) is 0.0626. The molecule has 0 aliphatic carbocycles. The average molecular weight is 342 g/mol. The van der Waals surface area contributed by atoms with E-state index in [4.69, 9.17) is 0 Å². The molecule has 1 aliphatic heterocycles. The van der Waals surface area contributed by atoms with Gasteiger partial charge in [0, 0.05) is 37.6 Å². The molecule has 6 nitrogen and oxygen atoms in total. The van der Waals surface area contributed by atoms with Crippen LogP contribution in [0.2, 0.25) is 0 Å². The van der Waals surface area contributed by atoms with Gasteiger partial charge in [-0.3, -0.25) is 24.1 Å². The van der Waals surface area contributed by atoms with Crippen molar-refractivity contribution in [2.45, 2.75) is 32.6 Å². The van der Waals surface area contributed by atoms with Crippen LogP contribution in [-0.4, -0.2) is 41.2 Å². The van der Waals surface area contributed by atoms with Gasteiger partial charge in [-0.2, -0.15) is 0 Å². The van der Waals surface area contributed by atoms with Crippen LogP contribution in [0.25, 0.3) is 0 Å². The van der Waals surface area contributed by atoms with Gasteiger partial charge in [-0.25, -0.2) is 0 Å². The largest absolute Gasteiger partial charge is 0.356 e. The molecule has 0 radical (unpaired) electrons. The third-order valence-electron chi connectivity index (χ3n) is 3.36. The zero-order valence-electron chi connectivity index (χ0n) is 12.4. The summed E-state index contributed by atoms with van der Waals surface area (Å²) in [6.07, 6.45) is 4.88. The molecule has 0 spiro atoms. The number of hydrogen-bond donors (Lipinski definition) is 1. The first-order valence-corrected chi connectivity index (χ1v) is 9.04. The topological polar surface area (TPSA) is 83.6 Å². The Morgan fingerprint density at radius 3 is 2.50 bits per heavy atom. The van der Waals surface area contributed by atoms with Crippen LogP contribution in [0, 0.1) is 5.92 Å². The lowest BCUT2D eigenvalue weighted by atomic mass is 10.1. The SMILES string of the molecule is C[C@@H](CCCCNC(=O)CCN1C(=O)C=CC1=O)C(=O)P=S. The molecule has 1 heterocycles. The zero-order valence-corrected chi connectivity index (χ0v) is 14.1. The molecular weight excluding hydrogens is 323 g/mol. The first kappa shape index (κ1) is 18.6. The Balaban J connectivity index is 2.09. The molecule has 8 heteroatoms. The maximum Gasteiger partial charge on any atom is 0.253 e. The number of amides is 3. The summed E-state index contributed by atoms with van der Waals surface area (Å²) in [7, 11) is 0.379. The Kier molecular flexibility index (Phi) is 8.06. The van der Waals surface area contributed by atoms with Crippen molar-refractivity contribution < 1.29 is 19.2 Å². The molecule has 0 saturated heterocycles. The van der Waals surface area contributed by atoms with E-state index in [0.29, 0.717) is 13.9 Å². The molecule has 120 valence electrons. The fourth-order valence-electron chi connectivity index (χ4n) is 1.97. The number of rotatable bonds is 10. The maximum absolute atomic E-state index is 11.6. The van der Waals surface area contributed by atoms with Crippen LogP contribution in [0.4, 0.5) is 0 Å². The quantitative estimate of drug-likeness (QED) is 0.366. The van der Waals surface area contributed by atoms with E-state index in [1.54, 1.807) is 0 Å². The minimum absolute atomic E-state index is 0.0328. The van der Waals surface area contributed by atoms with Crippen molar-refractivity contribution in [2.24, 2.45) is 5.92 Å². The number of nitrogens with one attached hydrogen (secondary N) is 1. The van der Waals surface area contributed by atoms with Crippen molar-refractivity contribution in [3.05, 3.63) is 12.2 Å². The van der Waals surface area contributed by atoms with Gasteiger partial charge in [-0.05, 0) is 24.6 Å². The summed E-state index contributed by atoms with van der Waals surface area (Å²) in [6, 6.07) is 0. The van der Waals surface area contributed by atoms with Crippen LogP contribution in [-0.2, 0) is 31.0 Å². The van der Waals surface area contributed by atoms with E-state index in [1.807, 2.05) is 6.92 Å². The highest BCUT2D eigenvalue weighted by molar-refractivity contribution is 8.03.